The van der Waals surface area contributed by atoms with Crippen molar-refractivity contribution in [1.82, 2.24) is 9.80 Å². The summed E-state index contributed by atoms with van der Waals surface area (Å²) in [6.45, 7) is 4.43. The van der Waals surface area contributed by atoms with Gasteiger partial charge in [-0.05, 0) is 24.6 Å². The maximum absolute atomic E-state index is 13.1. The standard InChI is InChI=1S/C22H24N4O8/c1-10-15(9-24-7-13(8-24)19(23)28)18(25-17(10)16(11(2)27)20(25)29)22(31)34-21(30)12-3-5-14(6-4-12)26(32)33/h3-6,10-11,13,16-17,27H,7-9H2,1-2H3,(H2,23,28)/t10-,11+,16?,17+/m0/s1. The van der Waals surface area contributed by atoms with E-state index in [1.54, 1.807) is 0 Å². The highest BCUT2D eigenvalue weighted by atomic mass is 16.6. The minimum Gasteiger partial charge on any atom is -0.393 e. The van der Waals surface area contributed by atoms with Gasteiger partial charge < -0.3 is 20.5 Å². The number of primary amides is 1. The largest absolute Gasteiger partial charge is 0.393 e. The molecule has 2 amide bonds. The molecule has 0 spiro atoms. The monoisotopic (exact) mass is 472 g/mol. The predicted molar refractivity (Wildman–Crippen MR) is 115 cm³/mol. The highest BCUT2D eigenvalue weighted by molar-refractivity contribution is 6.06. The van der Waals surface area contributed by atoms with E-state index in [-0.39, 0.29) is 35.3 Å². The summed E-state index contributed by atoms with van der Waals surface area (Å²) in [7, 11) is 0. The number of β-lactam (4-membered cyclic amide) rings is 1. The molecule has 4 rings (SSSR count). The van der Waals surface area contributed by atoms with E-state index in [4.69, 9.17) is 10.5 Å². The second kappa shape index (κ2) is 8.61. The number of likely N-dealkylation sites (tertiary alicyclic amines) is 1. The van der Waals surface area contributed by atoms with Crippen LogP contribution < -0.4 is 5.73 Å². The number of fused-ring (bicyclic) bond motifs is 1. The van der Waals surface area contributed by atoms with E-state index in [2.05, 4.69) is 0 Å². The number of nitrogens with zero attached hydrogens (tertiary/aromatic N) is 3. The predicted octanol–water partition coefficient (Wildman–Crippen LogP) is -0.193. The van der Waals surface area contributed by atoms with Crippen LogP contribution in [0.5, 0.6) is 0 Å². The number of non-ortho nitro benzene ring substituents is 1. The Morgan fingerprint density at radius 3 is 2.38 bits per heavy atom. The third-order valence-electron chi connectivity index (χ3n) is 6.76. The summed E-state index contributed by atoms with van der Waals surface area (Å²) in [6, 6.07) is 4.12. The normalized spacial score (nSPS) is 25.3. The quantitative estimate of drug-likeness (QED) is 0.179. The number of nitro benzene ring substituents is 1. The summed E-state index contributed by atoms with van der Waals surface area (Å²) >= 11 is 0. The van der Waals surface area contributed by atoms with Crippen LogP contribution in [-0.4, -0.2) is 75.4 Å². The summed E-state index contributed by atoms with van der Waals surface area (Å²) in [5.41, 5.74) is 5.57. The first-order valence-corrected chi connectivity index (χ1v) is 10.8. The van der Waals surface area contributed by atoms with Crippen molar-refractivity contribution < 1.29 is 33.9 Å². The van der Waals surface area contributed by atoms with Gasteiger partial charge in [0.05, 0.1) is 34.5 Å². The molecule has 0 bridgehead atoms. The van der Waals surface area contributed by atoms with E-state index in [0.717, 1.165) is 12.1 Å². The summed E-state index contributed by atoms with van der Waals surface area (Å²) in [5, 5.41) is 20.9. The lowest BCUT2D eigenvalue weighted by atomic mass is 9.77. The number of carbonyl (C=O) groups excluding carboxylic acids is 4. The smallest absolute Gasteiger partial charge is 0.362 e. The number of nitro groups is 1. The molecule has 34 heavy (non-hydrogen) atoms. The third kappa shape index (κ3) is 3.84. The molecule has 2 fully saturated rings. The molecule has 0 aromatic heterocycles. The van der Waals surface area contributed by atoms with Crippen molar-refractivity contribution in [2.45, 2.75) is 26.0 Å². The fourth-order valence-electron chi connectivity index (χ4n) is 4.87. The van der Waals surface area contributed by atoms with E-state index >= 15 is 0 Å². The van der Waals surface area contributed by atoms with Gasteiger partial charge in [0.2, 0.25) is 11.8 Å². The molecule has 4 atom stereocenters. The highest BCUT2D eigenvalue weighted by Gasteiger charge is 2.60. The molecule has 3 heterocycles. The number of amides is 2. The Balaban J connectivity index is 1.57. The SMILES string of the molecule is C[C@@H](O)C1C(=O)N2C(C(=O)OC(=O)c3ccc([N+](=O)[O-])cc3)=C(CN3CC(C(N)=O)C3)[C@H](C)[C@H]12. The molecule has 180 valence electrons. The number of nitrogens with two attached hydrogens (primary N) is 1. The van der Waals surface area contributed by atoms with Crippen molar-refractivity contribution in [2.75, 3.05) is 19.6 Å². The zero-order chi connectivity index (χ0) is 24.9. The van der Waals surface area contributed by atoms with Gasteiger partial charge in [-0.15, -0.1) is 0 Å². The second-order valence-corrected chi connectivity index (χ2v) is 8.90. The van der Waals surface area contributed by atoms with E-state index in [1.807, 2.05) is 11.8 Å². The number of hydrogen-bond acceptors (Lipinski definition) is 9. The summed E-state index contributed by atoms with van der Waals surface area (Å²) in [4.78, 5) is 63.0. The van der Waals surface area contributed by atoms with Crippen molar-refractivity contribution in [2.24, 2.45) is 23.5 Å². The van der Waals surface area contributed by atoms with Crippen LogP contribution in [0.25, 0.3) is 0 Å². The Bertz CT molecular complexity index is 1110. The molecule has 12 heteroatoms. The van der Waals surface area contributed by atoms with Gasteiger partial charge in [-0.1, -0.05) is 6.92 Å². The molecule has 1 aromatic rings. The molecule has 0 saturated carbocycles. The number of aliphatic hydroxyl groups is 1. The fraction of sp³-hybridized carbons (Fsp3) is 0.455. The summed E-state index contributed by atoms with van der Waals surface area (Å²) in [5.74, 6) is -4.14. The average molecular weight is 472 g/mol. The molecule has 1 unspecified atom stereocenters. The van der Waals surface area contributed by atoms with Gasteiger partial charge in [-0.25, -0.2) is 9.59 Å². The molecular formula is C22H24N4O8. The van der Waals surface area contributed by atoms with Crippen LogP contribution in [0.15, 0.2) is 35.5 Å². The van der Waals surface area contributed by atoms with Crippen LogP contribution in [-0.2, 0) is 19.1 Å². The Labute approximate surface area is 194 Å². The van der Waals surface area contributed by atoms with Crippen molar-refractivity contribution >= 4 is 29.4 Å². The summed E-state index contributed by atoms with van der Waals surface area (Å²) < 4.78 is 5.03. The number of benzene rings is 1. The van der Waals surface area contributed by atoms with E-state index < -0.39 is 46.7 Å². The molecule has 0 radical (unpaired) electrons. The van der Waals surface area contributed by atoms with Crippen molar-refractivity contribution in [3.05, 3.63) is 51.2 Å². The van der Waals surface area contributed by atoms with Gasteiger partial charge in [0.1, 0.15) is 5.70 Å². The first kappa shape index (κ1) is 23.5. The number of carbonyl (C=O) groups is 4. The van der Waals surface area contributed by atoms with Crippen LogP contribution in [0.3, 0.4) is 0 Å². The van der Waals surface area contributed by atoms with Crippen molar-refractivity contribution in [1.29, 1.82) is 0 Å². The minimum atomic E-state index is -1.02. The van der Waals surface area contributed by atoms with Gasteiger partial charge in [0, 0.05) is 37.7 Å². The molecule has 3 aliphatic heterocycles. The first-order chi connectivity index (χ1) is 16.0. The molecule has 0 aliphatic carbocycles. The molecule has 12 nitrogen and oxygen atoms in total. The van der Waals surface area contributed by atoms with Gasteiger partial charge in [-0.2, -0.15) is 0 Å². The van der Waals surface area contributed by atoms with Gasteiger partial charge in [-0.3, -0.25) is 24.6 Å². The van der Waals surface area contributed by atoms with E-state index in [1.165, 1.54) is 24.0 Å². The Hall–Kier alpha value is -3.64. The molecule has 1 aromatic carbocycles. The van der Waals surface area contributed by atoms with Gasteiger partial charge in [0.25, 0.3) is 5.69 Å². The van der Waals surface area contributed by atoms with Gasteiger partial charge in [0.15, 0.2) is 0 Å². The molecule has 3 aliphatic rings. The van der Waals surface area contributed by atoms with Crippen LogP contribution in [0.1, 0.15) is 24.2 Å². The highest BCUT2D eigenvalue weighted by Crippen LogP contribution is 2.47. The lowest BCUT2D eigenvalue weighted by molar-refractivity contribution is -0.384. The first-order valence-electron chi connectivity index (χ1n) is 10.8. The maximum Gasteiger partial charge on any atom is 0.362 e. The number of ether oxygens (including phenoxy) is 1. The zero-order valence-electron chi connectivity index (χ0n) is 18.5. The topological polar surface area (TPSA) is 173 Å². The van der Waals surface area contributed by atoms with Crippen molar-refractivity contribution in [3.8, 4) is 0 Å². The van der Waals surface area contributed by atoms with Crippen LogP contribution in [0.4, 0.5) is 5.69 Å². The van der Waals surface area contributed by atoms with Crippen LogP contribution in [0, 0.1) is 27.9 Å². The minimum absolute atomic E-state index is 0.0443. The van der Waals surface area contributed by atoms with E-state index in [0.29, 0.717) is 18.7 Å². The van der Waals surface area contributed by atoms with Gasteiger partial charge >= 0.3 is 11.9 Å². The Morgan fingerprint density at radius 1 is 1.24 bits per heavy atom. The van der Waals surface area contributed by atoms with Crippen molar-refractivity contribution in [3.63, 3.8) is 0 Å². The molecule has 3 N–H and O–H groups in total. The maximum atomic E-state index is 13.1. The number of hydrogen-bond donors (Lipinski definition) is 2. The average Bonchev–Trinajstić information content (AvgIpc) is 2.97. The Morgan fingerprint density at radius 2 is 1.85 bits per heavy atom. The fourth-order valence-corrected chi connectivity index (χ4v) is 4.87. The molecular weight excluding hydrogens is 448 g/mol. The lowest BCUT2D eigenvalue weighted by Gasteiger charge is -2.46. The second-order valence-electron chi connectivity index (χ2n) is 8.90. The lowest BCUT2D eigenvalue weighted by Crippen LogP contribution is -2.63. The zero-order valence-corrected chi connectivity index (χ0v) is 18.5. The van der Waals surface area contributed by atoms with Crippen LogP contribution >= 0.6 is 0 Å². The third-order valence-corrected chi connectivity index (χ3v) is 6.76. The summed E-state index contributed by atoms with van der Waals surface area (Å²) in [6.07, 6.45) is -0.919. The number of rotatable bonds is 7. The molecule has 2 saturated heterocycles. The number of aliphatic hydroxyl groups excluding tert-OH is 1. The van der Waals surface area contributed by atoms with Crippen LogP contribution in [0.2, 0.25) is 0 Å². The Kier molecular flexibility index (Phi) is 5.96. The number of esters is 2. The van der Waals surface area contributed by atoms with E-state index in [9.17, 15) is 34.4 Å².